The molecule has 12 heavy (non-hydrogen) atoms. The van der Waals surface area contributed by atoms with Gasteiger partial charge in [0.1, 0.15) is 0 Å². The first-order chi connectivity index (χ1) is 5.75. The molecule has 0 bridgehead atoms. The number of aromatic nitrogens is 1. The highest BCUT2D eigenvalue weighted by molar-refractivity contribution is 5.22. The van der Waals surface area contributed by atoms with E-state index in [1.165, 1.54) is 18.4 Å². The maximum absolute atomic E-state index is 4.20. The maximum Gasteiger partial charge on any atom is 0.0375 e. The van der Waals surface area contributed by atoms with Gasteiger partial charge in [-0.2, -0.15) is 0 Å². The molecule has 0 amide bonds. The number of rotatable bonds is 1. The van der Waals surface area contributed by atoms with Gasteiger partial charge in [0.25, 0.3) is 0 Å². The van der Waals surface area contributed by atoms with Crippen LogP contribution >= 0.6 is 0 Å². The quantitative estimate of drug-likeness (QED) is 0.617. The van der Waals surface area contributed by atoms with E-state index in [2.05, 4.69) is 31.0 Å². The molecule has 64 valence electrons. The van der Waals surface area contributed by atoms with Gasteiger partial charge in [0, 0.05) is 11.9 Å². The average Bonchev–Trinajstić information content (AvgIpc) is 1.99. The number of nitrogens with zero attached hydrogens (tertiary/aromatic N) is 1. The summed E-state index contributed by atoms with van der Waals surface area (Å²) in [5.74, 6) is 1.75. The zero-order chi connectivity index (χ0) is 8.55. The van der Waals surface area contributed by atoms with Gasteiger partial charge in [0.15, 0.2) is 0 Å². The fourth-order valence-corrected chi connectivity index (χ4v) is 2.00. The van der Waals surface area contributed by atoms with Crippen molar-refractivity contribution in [2.24, 2.45) is 5.92 Å². The monoisotopic (exact) mass is 161 g/mol. The van der Waals surface area contributed by atoms with Crippen LogP contribution in [0.1, 0.15) is 36.9 Å². The van der Waals surface area contributed by atoms with Crippen LogP contribution in [-0.4, -0.2) is 4.98 Å². The Labute approximate surface area is 73.8 Å². The van der Waals surface area contributed by atoms with Crippen LogP contribution in [-0.2, 0) is 0 Å². The molecule has 0 saturated heterocycles. The lowest BCUT2D eigenvalue weighted by Crippen LogP contribution is -2.18. The molecule has 0 aliphatic heterocycles. The SMILES string of the molecule is Cc1cc(C2CC(C)C2)ccn1. The Hall–Kier alpha value is -0.850. The average molecular weight is 161 g/mol. The molecule has 0 spiro atoms. The minimum Gasteiger partial charge on any atom is -0.262 e. The van der Waals surface area contributed by atoms with E-state index in [1.807, 2.05) is 6.20 Å². The van der Waals surface area contributed by atoms with Crippen molar-refractivity contribution in [1.29, 1.82) is 0 Å². The standard InChI is InChI=1S/C11H15N/c1-8-5-11(6-8)10-3-4-12-9(2)7-10/h3-4,7-8,11H,5-6H2,1-2H3. The molecular weight excluding hydrogens is 146 g/mol. The Balaban J connectivity index is 2.13. The zero-order valence-electron chi connectivity index (χ0n) is 7.75. The fourth-order valence-electron chi connectivity index (χ4n) is 2.00. The largest absolute Gasteiger partial charge is 0.262 e. The van der Waals surface area contributed by atoms with Crippen molar-refractivity contribution in [1.82, 2.24) is 4.98 Å². The normalized spacial score (nSPS) is 28.2. The first-order valence-electron chi connectivity index (χ1n) is 4.68. The van der Waals surface area contributed by atoms with Crippen LogP contribution < -0.4 is 0 Å². The van der Waals surface area contributed by atoms with Crippen LogP contribution in [0.4, 0.5) is 0 Å². The Morgan fingerprint density at radius 3 is 2.75 bits per heavy atom. The summed E-state index contributed by atoms with van der Waals surface area (Å²) in [6, 6.07) is 4.38. The Bertz CT molecular complexity index is 274. The van der Waals surface area contributed by atoms with Gasteiger partial charge in [0.05, 0.1) is 0 Å². The van der Waals surface area contributed by atoms with Crippen molar-refractivity contribution in [3.05, 3.63) is 29.6 Å². The molecule has 1 aromatic rings. The van der Waals surface area contributed by atoms with Gasteiger partial charge in [-0.1, -0.05) is 6.92 Å². The van der Waals surface area contributed by atoms with Gasteiger partial charge in [-0.25, -0.2) is 0 Å². The van der Waals surface area contributed by atoms with Gasteiger partial charge < -0.3 is 0 Å². The molecule has 1 fully saturated rings. The van der Waals surface area contributed by atoms with Crippen molar-refractivity contribution in [2.75, 3.05) is 0 Å². The van der Waals surface area contributed by atoms with Crippen molar-refractivity contribution in [2.45, 2.75) is 32.6 Å². The Morgan fingerprint density at radius 1 is 1.42 bits per heavy atom. The molecule has 1 aliphatic carbocycles. The highest BCUT2D eigenvalue weighted by Crippen LogP contribution is 2.40. The lowest BCUT2D eigenvalue weighted by molar-refractivity contribution is 0.288. The van der Waals surface area contributed by atoms with Gasteiger partial charge in [-0.05, 0) is 49.3 Å². The van der Waals surface area contributed by atoms with E-state index >= 15 is 0 Å². The number of hydrogen-bond donors (Lipinski definition) is 0. The van der Waals surface area contributed by atoms with Crippen LogP contribution in [0.15, 0.2) is 18.3 Å². The van der Waals surface area contributed by atoms with Crippen molar-refractivity contribution >= 4 is 0 Å². The molecule has 0 atom stereocenters. The maximum atomic E-state index is 4.20. The van der Waals surface area contributed by atoms with Crippen molar-refractivity contribution in [3.63, 3.8) is 0 Å². The van der Waals surface area contributed by atoms with E-state index in [4.69, 9.17) is 0 Å². The number of aryl methyl sites for hydroxylation is 1. The van der Waals surface area contributed by atoms with Crippen LogP contribution in [0, 0.1) is 12.8 Å². The lowest BCUT2D eigenvalue weighted by atomic mass is 9.72. The van der Waals surface area contributed by atoms with Crippen LogP contribution in [0.2, 0.25) is 0 Å². The third kappa shape index (κ3) is 1.36. The summed E-state index contributed by atoms with van der Waals surface area (Å²) >= 11 is 0. The third-order valence-electron chi connectivity index (χ3n) is 2.77. The van der Waals surface area contributed by atoms with Crippen LogP contribution in [0.25, 0.3) is 0 Å². The van der Waals surface area contributed by atoms with Crippen LogP contribution in [0.5, 0.6) is 0 Å². The molecule has 1 heteroatoms. The lowest BCUT2D eigenvalue weighted by Gasteiger charge is -2.33. The van der Waals surface area contributed by atoms with E-state index in [1.54, 1.807) is 0 Å². The second kappa shape index (κ2) is 2.89. The fraction of sp³-hybridized carbons (Fsp3) is 0.545. The van der Waals surface area contributed by atoms with E-state index in [-0.39, 0.29) is 0 Å². The minimum absolute atomic E-state index is 0.821. The van der Waals surface area contributed by atoms with E-state index in [0.29, 0.717) is 0 Å². The molecule has 1 aliphatic rings. The van der Waals surface area contributed by atoms with Gasteiger partial charge >= 0.3 is 0 Å². The number of pyridine rings is 1. The van der Waals surface area contributed by atoms with Crippen LogP contribution in [0.3, 0.4) is 0 Å². The predicted octanol–water partition coefficient (Wildman–Crippen LogP) is 2.90. The van der Waals surface area contributed by atoms with Crippen molar-refractivity contribution < 1.29 is 0 Å². The molecule has 0 radical (unpaired) electrons. The molecule has 0 aromatic carbocycles. The Morgan fingerprint density at radius 2 is 2.17 bits per heavy atom. The number of hydrogen-bond acceptors (Lipinski definition) is 1. The summed E-state index contributed by atoms with van der Waals surface area (Å²) in [4.78, 5) is 4.20. The molecule has 1 heterocycles. The summed E-state index contributed by atoms with van der Waals surface area (Å²) in [7, 11) is 0. The van der Waals surface area contributed by atoms with E-state index in [0.717, 1.165) is 17.5 Å². The highest BCUT2D eigenvalue weighted by atomic mass is 14.6. The summed E-state index contributed by atoms with van der Waals surface area (Å²) in [6.07, 6.45) is 4.65. The van der Waals surface area contributed by atoms with Crippen molar-refractivity contribution in [3.8, 4) is 0 Å². The molecule has 0 N–H and O–H groups in total. The van der Waals surface area contributed by atoms with Gasteiger partial charge in [-0.15, -0.1) is 0 Å². The van der Waals surface area contributed by atoms with Gasteiger partial charge in [-0.3, -0.25) is 4.98 Å². The molecule has 1 nitrogen and oxygen atoms in total. The predicted molar refractivity (Wildman–Crippen MR) is 50.1 cm³/mol. The molecule has 1 aromatic heterocycles. The first-order valence-corrected chi connectivity index (χ1v) is 4.68. The topological polar surface area (TPSA) is 12.9 Å². The zero-order valence-corrected chi connectivity index (χ0v) is 7.75. The third-order valence-corrected chi connectivity index (χ3v) is 2.77. The molecule has 0 unspecified atom stereocenters. The first kappa shape index (κ1) is 7.78. The van der Waals surface area contributed by atoms with Gasteiger partial charge in [0.2, 0.25) is 0 Å². The highest BCUT2D eigenvalue weighted by Gasteiger charge is 2.26. The summed E-state index contributed by atoms with van der Waals surface area (Å²) in [5, 5.41) is 0. The molecule has 1 saturated carbocycles. The molecular formula is C11H15N. The van der Waals surface area contributed by atoms with E-state index < -0.39 is 0 Å². The summed E-state index contributed by atoms with van der Waals surface area (Å²) in [5.41, 5.74) is 2.63. The summed E-state index contributed by atoms with van der Waals surface area (Å²) < 4.78 is 0. The second-order valence-corrected chi connectivity index (χ2v) is 4.00. The van der Waals surface area contributed by atoms with E-state index in [9.17, 15) is 0 Å². The summed E-state index contributed by atoms with van der Waals surface area (Å²) in [6.45, 7) is 4.39. The second-order valence-electron chi connectivity index (χ2n) is 4.00. The molecule has 2 rings (SSSR count). The Kier molecular flexibility index (Phi) is 1.87. The smallest absolute Gasteiger partial charge is 0.0375 e. The minimum atomic E-state index is 0.821.